The van der Waals surface area contributed by atoms with Crippen molar-refractivity contribution >= 4 is 34.4 Å². The number of anilines is 1. The lowest BCUT2D eigenvalue weighted by atomic mass is 10.1. The first-order valence-corrected chi connectivity index (χ1v) is 9.38. The zero-order valence-electron chi connectivity index (χ0n) is 15.9. The van der Waals surface area contributed by atoms with Crippen LogP contribution in [0, 0.1) is 5.92 Å². The normalized spacial score (nSPS) is 11.0. The van der Waals surface area contributed by atoms with E-state index in [0.29, 0.717) is 16.8 Å². The highest BCUT2D eigenvalue weighted by molar-refractivity contribution is 7.15. The summed E-state index contributed by atoms with van der Waals surface area (Å²) in [5, 5.41) is 12.0. The molecule has 1 heterocycles. The molecule has 2 aromatic rings. The van der Waals surface area contributed by atoms with Gasteiger partial charge in [0.2, 0.25) is 16.9 Å². The molecule has 0 unspecified atom stereocenters. The fourth-order valence-corrected chi connectivity index (χ4v) is 3.20. The summed E-state index contributed by atoms with van der Waals surface area (Å²) in [5.41, 5.74) is 0.840. The highest BCUT2D eigenvalue weighted by atomic mass is 32.1. The summed E-state index contributed by atoms with van der Waals surface area (Å²) < 4.78 is 5.15. The van der Waals surface area contributed by atoms with Gasteiger partial charge in [0, 0.05) is 19.5 Å². The van der Waals surface area contributed by atoms with Gasteiger partial charge in [-0.2, -0.15) is 0 Å². The van der Waals surface area contributed by atoms with Crippen LogP contribution < -0.4 is 10.1 Å². The summed E-state index contributed by atoms with van der Waals surface area (Å²) in [5.74, 6) is 0.603. The Bertz CT molecular complexity index is 817. The zero-order chi connectivity index (χ0) is 19.8. The maximum atomic E-state index is 12.2. The van der Waals surface area contributed by atoms with E-state index in [9.17, 15) is 9.59 Å². The van der Waals surface area contributed by atoms with Gasteiger partial charge >= 0.3 is 0 Å². The molecule has 1 aromatic heterocycles. The van der Waals surface area contributed by atoms with Gasteiger partial charge in [-0.25, -0.2) is 0 Å². The van der Waals surface area contributed by atoms with Crippen molar-refractivity contribution in [3.63, 3.8) is 0 Å². The predicted molar refractivity (Wildman–Crippen MR) is 107 cm³/mol. The molecule has 0 fully saturated rings. The molecule has 0 aliphatic heterocycles. The molecule has 0 radical (unpaired) electrons. The molecule has 1 N–H and O–H groups in total. The molecular formula is C19H24N4O3S. The average Bonchev–Trinajstić information content (AvgIpc) is 3.05. The summed E-state index contributed by atoms with van der Waals surface area (Å²) in [6.45, 7) is 4.12. The number of methoxy groups -OCH3 is 1. The largest absolute Gasteiger partial charge is 0.497 e. The number of aromatic nitrogens is 2. The van der Waals surface area contributed by atoms with Crippen LogP contribution >= 0.6 is 11.3 Å². The van der Waals surface area contributed by atoms with E-state index >= 15 is 0 Å². The Morgan fingerprint density at radius 2 is 2.11 bits per heavy atom. The molecule has 0 aliphatic carbocycles. The van der Waals surface area contributed by atoms with E-state index in [1.54, 1.807) is 20.2 Å². The summed E-state index contributed by atoms with van der Waals surface area (Å²) >= 11 is 1.35. The standard InChI is InChI=1S/C19H24N4O3S/c1-13(2)10-17-21-22-19(27-17)20-16(24)12-23(3)18(25)9-8-14-6-5-7-15(11-14)26-4/h5-9,11,13H,10,12H2,1-4H3,(H,20,22,24)/b9-8+. The highest BCUT2D eigenvalue weighted by Gasteiger charge is 2.13. The minimum absolute atomic E-state index is 0.0691. The predicted octanol–water partition coefficient (Wildman–Crippen LogP) is 2.86. The van der Waals surface area contributed by atoms with E-state index in [4.69, 9.17) is 4.74 Å². The lowest BCUT2D eigenvalue weighted by molar-refractivity contribution is -0.129. The fraction of sp³-hybridized carbons (Fsp3) is 0.368. The maximum absolute atomic E-state index is 12.2. The van der Waals surface area contributed by atoms with Crippen LogP contribution in [0.3, 0.4) is 0 Å². The van der Waals surface area contributed by atoms with E-state index in [-0.39, 0.29) is 18.4 Å². The number of benzene rings is 1. The lowest BCUT2D eigenvalue weighted by Crippen LogP contribution is -2.33. The summed E-state index contributed by atoms with van der Waals surface area (Å²) in [7, 11) is 3.16. The fourth-order valence-electron chi connectivity index (χ4n) is 2.23. The van der Waals surface area contributed by atoms with Crippen LogP contribution in [0.4, 0.5) is 5.13 Å². The van der Waals surface area contributed by atoms with Gasteiger partial charge in [-0.1, -0.05) is 37.3 Å². The van der Waals surface area contributed by atoms with Crippen LogP contribution in [-0.4, -0.2) is 47.6 Å². The van der Waals surface area contributed by atoms with Crippen molar-refractivity contribution in [1.29, 1.82) is 0 Å². The number of nitrogens with one attached hydrogen (secondary N) is 1. The van der Waals surface area contributed by atoms with Gasteiger partial charge < -0.3 is 9.64 Å². The van der Waals surface area contributed by atoms with E-state index in [1.165, 1.54) is 22.3 Å². The second-order valence-electron chi connectivity index (χ2n) is 6.45. The third-order valence-corrected chi connectivity index (χ3v) is 4.43. The summed E-state index contributed by atoms with van der Waals surface area (Å²) in [6, 6.07) is 7.36. The molecule has 2 rings (SSSR count). The summed E-state index contributed by atoms with van der Waals surface area (Å²) in [6.07, 6.45) is 3.93. The van der Waals surface area contributed by atoms with Gasteiger partial charge in [-0.3, -0.25) is 14.9 Å². The number of hydrogen-bond donors (Lipinski definition) is 1. The van der Waals surface area contributed by atoms with E-state index in [2.05, 4.69) is 29.4 Å². The van der Waals surface area contributed by atoms with E-state index in [0.717, 1.165) is 17.0 Å². The maximum Gasteiger partial charge on any atom is 0.246 e. The van der Waals surface area contributed by atoms with Gasteiger partial charge in [0.15, 0.2) is 0 Å². The SMILES string of the molecule is COc1cccc(/C=C/C(=O)N(C)CC(=O)Nc2nnc(CC(C)C)s2)c1. The molecule has 144 valence electrons. The van der Waals surface area contributed by atoms with Crippen LogP contribution in [0.2, 0.25) is 0 Å². The van der Waals surface area contributed by atoms with Gasteiger partial charge in [0.1, 0.15) is 10.8 Å². The second-order valence-corrected chi connectivity index (χ2v) is 7.51. The Morgan fingerprint density at radius 1 is 1.33 bits per heavy atom. The van der Waals surface area contributed by atoms with Gasteiger partial charge in [-0.15, -0.1) is 10.2 Å². The molecule has 7 nitrogen and oxygen atoms in total. The van der Waals surface area contributed by atoms with Gasteiger partial charge in [0.25, 0.3) is 0 Å². The minimum atomic E-state index is -0.312. The molecule has 8 heteroatoms. The quantitative estimate of drug-likeness (QED) is 0.703. The smallest absolute Gasteiger partial charge is 0.246 e. The molecule has 0 saturated heterocycles. The van der Waals surface area contributed by atoms with Crippen LogP contribution in [0.25, 0.3) is 6.08 Å². The number of rotatable bonds is 8. The third kappa shape index (κ3) is 6.82. The van der Waals surface area contributed by atoms with Crippen molar-refractivity contribution in [3.05, 3.63) is 40.9 Å². The number of nitrogens with zero attached hydrogens (tertiary/aromatic N) is 3. The monoisotopic (exact) mass is 388 g/mol. The topological polar surface area (TPSA) is 84.4 Å². The first-order valence-electron chi connectivity index (χ1n) is 8.57. The minimum Gasteiger partial charge on any atom is -0.497 e. The Labute approximate surface area is 163 Å². The molecular weight excluding hydrogens is 364 g/mol. The van der Waals surface area contributed by atoms with Crippen molar-refractivity contribution in [2.75, 3.05) is 26.0 Å². The van der Waals surface area contributed by atoms with Crippen molar-refractivity contribution < 1.29 is 14.3 Å². The molecule has 0 aliphatic rings. The van der Waals surface area contributed by atoms with Crippen molar-refractivity contribution in [1.82, 2.24) is 15.1 Å². The molecule has 1 aromatic carbocycles. The van der Waals surface area contributed by atoms with Crippen molar-refractivity contribution in [3.8, 4) is 5.75 Å². The Morgan fingerprint density at radius 3 is 2.81 bits per heavy atom. The van der Waals surface area contributed by atoms with Gasteiger partial charge in [0.05, 0.1) is 13.7 Å². The Kier molecular flexibility index (Phi) is 7.48. The molecule has 0 saturated carbocycles. The Hall–Kier alpha value is -2.74. The van der Waals surface area contributed by atoms with Crippen LogP contribution in [0.15, 0.2) is 30.3 Å². The Balaban J connectivity index is 1.86. The molecule has 0 spiro atoms. The van der Waals surface area contributed by atoms with Crippen LogP contribution in [0.5, 0.6) is 5.75 Å². The number of carbonyl (C=O) groups excluding carboxylic acids is 2. The third-order valence-electron chi connectivity index (χ3n) is 3.57. The number of amides is 2. The van der Waals surface area contributed by atoms with E-state index in [1.807, 2.05) is 24.3 Å². The number of ether oxygens (including phenoxy) is 1. The average molecular weight is 388 g/mol. The molecule has 2 amide bonds. The summed E-state index contributed by atoms with van der Waals surface area (Å²) in [4.78, 5) is 25.6. The lowest BCUT2D eigenvalue weighted by Gasteiger charge is -2.13. The molecule has 0 bridgehead atoms. The second kappa shape index (κ2) is 9.82. The van der Waals surface area contributed by atoms with Crippen molar-refractivity contribution in [2.45, 2.75) is 20.3 Å². The van der Waals surface area contributed by atoms with Gasteiger partial charge in [-0.05, 0) is 29.7 Å². The number of likely N-dealkylation sites (N-methyl/N-ethyl adjacent to an activating group) is 1. The number of carbonyl (C=O) groups is 2. The number of hydrogen-bond acceptors (Lipinski definition) is 6. The molecule has 27 heavy (non-hydrogen) atoms. The first kappa shape index (κ1) is 20.6. The first-order chi connectivity index (χ1) is 12.9. The zero-order valence-corrected chi connectivity index (χ0v) is 16.7. The van der Waals surface area contributed by atoms with E-state index < -0.39 is 0 Å². The highest BCUT2D eigenvalue weighted by Crippen LogP contribution is 2.18. The van der Waals surface area contributed by atoms with Crippen LogP contribution in [-0.2, 0) is 16.0 Å². The van der Waals surface area contributed by atoms with Crippen molar-refractivity contribution in [2.24, 2.45) is 5.92 Å². The molecule has 0 atom stereocenters. The van der Waals surface area contributed by atoms with Crippen LogP contribution in [0.1, 0.15) is 24.4 Å².